The molecule has 1 aromatic rings. The van der Waals surface area contributed by atoms with Crippen molar-refractivity contribution in [2.75, 3.05) is 11.5 Å². The number of rotatable bonds is 5. The molecule has 0 spiro atoms. The maximum atomic E-state index is 13.2. The molecule has 2 heterocycles. The Morgan fingerprint density at radius 1 is 1.19 bits per heavy atom. The minimum absolute atomic E-state index is 0.156. The number of nitrogens with zero attached hydrogens (tertiary/aromatic N) is 2. The molecule has 1 saturated heterocycles. The molecule has 2 aliphatic heterocycles. The number of amides is 2. The van der Waals surface area contributed by atoms with E-state index in [0.717, 1.165) is 6.42 Å². The third-order valence-electron chi connectivity index (χ3n) is 5.07. The normalized spacial score (nSPS) is 22.1. The molecule has 0 aliphatic carbocycles. The summed E-state index contributed by atoms with van der Waals surface area (Å²) in [4.78, 5) is 42.1. The third kappa shape index (κ3) is 2.68. The van der Waals surface area contributed by atoms with Crippen molar-refractivity contribution < 1.29 is 19.1 Å². The van der Waals surface area contributed by atoms with Crippen LogP contribution in [-0.4, -0.2) is 41.0 Å². The fraction of sp³-hybridized carbons (Fsp3) is 0.550. The second kappa shape index (κ2) is 6.74. The molecule has 0 N–H and O–H groups in total. The van der Waals surface area contributed by atoms with Crippen LogP contribution in [0.4, 0.5) is 5.69 Å². The van der Waals surface area contributed by atoms with E-state index in [-0.39, 0.29) is 37.3 Å². The number of carbonyl (C=O) groups is 3. The summed E-state index contributed by atoms with van der Waals surface area (Å²) < 4.78 is 5.56. The van der Waals surface area contributed by atoms with Crippen LogP contribution in [0.3, 0.4) is 0 Å². The first-order chi connectivity index (χ1) is 12.3. The van der Waals surface area contributed by atoms with Crippen LogP contribution in [0, 0.1) is 5.92 Å². The predicted octanol–water partition coefficient (Wildman–Crippen LogP) is 2.96. The van der Waals surface area contributed by atoms with Gasteiger partial charge in [-0.15, -0.1) is 0 Å². The number of hydrogen-bond donors (Lipinski definition) is 0. The highest BCUT2D eigenvalue weighted by molar-refractivity contribution is 6.15. The molecule has 1 unspecified atom stereocenters. The van der Waals surface area contributed by atoms with E-state index in [4.69, 9.17) is 4.74 Å². The first kappa shape index (κ1) is 18.4. The van der Waals surface area contributed by atoms with Crippen LogP contribution in [0.25, 0.3) is 0 Å². The van der Waals surface area contributed by atoms with Crippen LogP contribution in [-0.2, 0) is 14.3 Å². The largest absolute Gasteiger partial charge is 0.463 e. The van der Waals surface area contributed by atoms with Crippen molar-refractivity contribution in [1.29, 1.82) is 0 Å². The standard InChI is InChI=1S/C20H26N2O4/c1-13(2)10-12-26-19(25)20-11-9-17(23)22(20)16-8-6-5-7-15(16)18(24)21(20)14(3)4/h5-8,13-14H,9-12H2,1-4H3. The Labute approximate surface area is 154 Å². The summed E-state index contributed by atoms with van der Waals surface area (Å²) in [5.74, 6) is -0.504. The summed E-state index contributed by atoms with van der Waals surface area (Å²) in [7, 11) is 0. The highest BCUT2D eigenvalue weighted by atomic mass is 16.5. The molecule has 6 nitrogen and oxygen atoms in total. The fourth-order valence-corrected chi connectivity index (χ4v) is 3.88. The van der Waals surface area contributed by atoms with Crippen LogP contribution < -0.4 is 4.90 Å². The summed E-state index contributed by atoms with van der Waals surface area (Å²) in [6, 6.07) is 6.72. The average Bonchev–Trinajstić information content (AvgIpc) is 2.93. The van der Waals surface area contributed by atoms with Gasteiger partial charge < -0.3 is 9.64 Å². The van der Waals surface area contributed by atoms with E-state index in [2.05, 4.69) is 13.8 Å². The molecule has 0 radical (unpaired) electrons. The zero-order valence-electron chi connectivity index (χ0n) is 15.8. The summed E-state index contributed by atoms with van der Waals surface area (Å²) in [6.45, 7) is 8.10. The van der Waals surface area contributed by atoms with Gasteiger partial charge in [-0.05, 0) is 38.3 Å². The van der Waals surface area contributed by atoms with Gasteiger partial charge in [-0.2, -0.15) is 0 Å². The molecule has 140 valence electrons. The number of hydrogen-bond acceptors (Lipinski definition) is 4. The second-order valence-corrected chi connectivity index (χ2v) is 7.65. The highest BCUT2D eigenvalue weighted by Crippen LogP contribution is 2.45. The van der Waals surface area contributed by atoms with Gasteiger partial charge in [0, 0.05) is 18.9 Å². The number of para-hydroxylation sites is 1. The first-order valence-corrected chi connectivity index (χ1v) is 9.23. The zero-order valence-corrected chi connectivity index (χ0v) is 15.8. The molecule has 1 aromatic carbocycles. The maximum absolute atomic E-state index is 13.2. The SMILES string of the molecule is CC(C)CCOC(=O)C12CCC(=O)N1c1ccccc1C(=O)N2C(C)C. The van der Waals surface area contributed by atoms with E-state index in [1.807, 2.05) is 13.8 Å². The van der Waals surface area contributed by atoms with Gasteiger partial charge in [0.15, 0.2) is 0 Å². The summed E-state index contributed by atoms with van der Waals surface area (Å²) in [5.41, 5.74) is -0.437. The van der Waals surface area contributed by atoms with Gasteiger partial charge >= 0.3 is 5.97 Å². The molecule has 2 amide bonds. The van der Waals surface area contributed by atoms with Crippen LogP contribution in [0.1, 0.15) is 57.3 Å². The van der Waals surface area contributed by atoms with Gasteiger partial charge in [0.25, 0.3) is 5.91 Å². The molecule has 0 aromatic heterocycles. The molecule has 0 saturated carbocycles. The fourth-order valence-electron chi connectivity index (χ4n) is 3.88. The zero-order chi connectivity index (χ0) is 19.1. The number of ether oxygens (including phenoxy) is 1. The Kier molecular flexibility index (Phi) is 4.78. The minimum Gasteiger partial charge on any atom is -0.463 e. The van der Waals surface area contributed by atoms with Crippen LogP contribution in [0.5, 0.6) is 0 Å². The molecule has 2 aliphatic rings. The van der Waals surface area contributed by atoms with Gasteiger partial charge in [-0.3, -0.25) is 14.5 Å². The smallest absolute Gasteiger partial charge is 0.353 e. The molecular weight excluding hydrogens is 332 g/mol. The van der Waals surface area contributed by atoms with E-state index < -0.39 is 11.6 Å². The lowest BCUT2D eigenvalue weighted by Gasteiger charge is -2.50. The van der Waals surface area contributed by atoms with Crippen molar-refractivity contribution in [1.82, 2.24) is 4.90 Å². The lowest BCUT2D eigenvalue weighted by molar-refractivity contribution is -0.158. The predicted molar refractivity (Wildman–Crippen MR) is 97.6 cm³/mol. The van der Waals surface area contributed by atoms with E-state index >= 15 is 0 Å². The van der Waals surface area contributed by atoms with Crippen molar-refractivity contribution in [3.05, 3.63) is 29.8 Å². The van der Waals surface area contributed by atoms with Gasteiger partial charge in [0.2, 0.25) is 11.6 Å². The second-order valence-electron chi connectivity index (χ2n) is 7.65. The van der Waals surface area contributed by atoms with Crippen molar-refractivity contribution in [2.45, 2.75) is 58.7 Å². The monoisotopic (exact) mass is 358 g/mol. The van der Waals surface area contributed by atoms with E-state index in [1.165, 1.54) is 9.80 Å². The van der Waals surface area contributed by atoms with Crippen LogP contribution >= 0.6 is 0 Å². The number of benzene rings is 1. The van der Waals surface area contributed by atoms with Gasteiger partial charge in [0.05, 0.1) is 17.9 Å². The Morgan fingerprint density at radius 3 is 2.54 bits per heavy atom. The van der Waals surface area contributed by atoms with E-state index in [1.54, 1.807) is 24.3 Å². The van der Waals surface area contributed by atoms with Gasteiger partial charge in [0.1, 0.15) is 0 Å². The summed E-state index contributed by atoms with van der Waals surface area (Å²) >= 11 is 0. The number of esters is 1. The molecule has 3 rings (SSSR count). The molecule has 26 heavy (non-hydrogen) atoms. The molecule has 1 atom stereocenters. The van der Waals surface area contributed by atoms with E-state index in [0.29, 0.717) is 17.2 Å². The molecule has 1 fully saturated rings. The van der Waals surface area contributed by atoms with Crippen molar-refractivity contribution in [3.63, 3.8) is 0 Å². The quantitative estimate of drug-likeness (QED) is 0.759. The minimum atomic E-state index is -1.38. The Morgan fingerprint density at radius 2 is 1.88 bits per heavy atom. The van der Waals surface area contributed by atoms with E-state index in [9.17, 15) is 14.4 Å². The molecular formula is C20H26N2O4. The third-order valence-corrected chi connectivity index (χ3v) is 5.07. The number of carbonyl (C=O) groups excluding carboxylic acids is 3. The lowest BCUT2D eigenvalue weighted by atomic mass is 9.95. The first-order valence-electron chi connectivity index (χ1n) is 9.23. The number of fused-ring (bicyclic) bond motifs is 3. The van der Waals surface area contributed by atoms with Crippen molar-refractivity contribution in [3.8, 4) is 0 Å². The average molecular weight is 358 g/mol. The molecule has 0 bridgehead atoms. The van der Waals surface area contributed by atoms with Crippen LogP contribution in [0.15, 0.2) is 24.3 Å². The van der Waals surface area contributed by atoms with Crippen LogP contribution in [0.2, 0.25) is 0 Å². The lowest BCUT2D eigenvalue weighted by Crippen LogP contribution is -2.70. The molecule has 6 heteroatoms. The summed E-state index contributed by atoms with van der Waals surface area (Å²) in [6.07, 6.45) is 1.21. The topological polar surface area (TPSA) is 66.9 Å². The Balaban J connectivity index is 2.08. The van der Waals surface area contributed by atoms with Gasteiger partial charge in [-0.25, -0.2) is 4.79 Å². The highest BCUT2D eigenvalue weighted by Gasteiger charge is 2.62. The van der Waals surface area contributed by atoms with Gasteiger partial charge in [-0.1, -0.05) is 26.0 Å². The maximum Gasteiger partial charge on any atom is 0.353 e. The number of anilines is 1. The summed E-state index contributed by atoms with van der Waals surface area (Å²) in [5, 5.41) is 0. The van der Waals surface area contributed by atoms with Crippen molar-refractivity contribution in [2.24, 2.45) is 5.92 Å². The Hall–Kier alpha value is -2.37. The van der Waals surface area contributed by atoms with Crippen molar-refractivity contribution >= 4 is 23.5 Å². The Bertz CT molecular complexity index is 743.